The van der Waals surface area contributed by atoms with Crippen molar-refractivity contribution in [2.75, 3.05) is 7.11 Å². The van der Waals surface area contributed by atoms with Crippen molar-refractivity contribution in [1.82, 2.24) is 5.32 Å². The maximum absolute atomic E-state index is 12.9. The Balaban J connectivity index is 0.00000313. The van der Waals surface area contributed by atoms with Gasteiger partial charge >= 0.3 is 11.9 Å². The van der Waals surface area contributed by atoms with Crippen LogP contribution in [0.25, 0.3) is 0 Å². The third-order valence-corrected chi connectivity index (χ3v) is 10.4. The van der Waals surface area contributed by atoms with Gasteiger partial charge in [0.15, 0.2) is 0 Å². The number of carbonyl (C=O) groups is 3. The Morgan fingerprint density at radius 3 is 2.45 bits per heavy atom. The Bertz CT molecular complexity index is 1440. The summed E-state index contributed by atoms with van der Waals surface area (Å²) < 4.78 is 23.1. The fourth-order valence-corrected chi connectivity index (χ4v) is 6.87. The van der Waals surface area contributed by atoms with Crippen molar-refractivity contribution in [2.45, 2.75) is 135 Å². The number of esters is 2. The molecule has 12 nitrogen and oxygen atoms in total. The van der Waals surface area contributed by atoms with Crippen LogP contribution in [0.2, 0.25) is 10.0 Å². The lowest BCUT2D eigenvalue weighted by atomic mass is 9.87. The van der Waals surface area contributed by atoms with Crippen LogP contribution in [0.5, 0.6) is 0 Å². The van der Waals surface area contributed by atoms with E-state index in [0.717, 1.165) is 12.0 Å². The topological polar surface area (TPSA) is 184 Å². The first-order valence-corrected chi connectivity index (χ1v) is 18.5. The first kappa shape index (κ1) is 46.3. The van der Waals surface area contributed by atoms with Gasteiger partial charge in [0.25, 0.3) is 6.47 Å². The molecule has 3 unspecified atom stereocenters. The van der Waals surface area contributed by atoms with Crippen LogP contribution < -0.4 is 5.32 Å². The lowest BCUT2D eigenvalue weighted by molar-refractivity contribution is -0.157. The largest absolute Gasteiger partial charge is 0.483 e. The number of halogens is 2. The van der Waals surface area contributed by atoms with E-state index in [1.807, 2.05) is 13.0 Å². The Labute approximate surface area is 323 Å². The summed E-state index contributed by atoms with van der Waals surface area (Å²) in [5, 5.41) is 44.8. The van der Waals surface area contributed by atoms with Crippen molar-refractivity contribution >= 4 is 41.6 Å². The van der Waals surface area contributed by atoms with E-state index in [1.54, 1.807) is 63.5 Å². The Morgan fingerprint density at radius 1 is 1.21 bits per heavy atom. The zero-order chi connectivity index (χ0) is 40.1. The van der Waals surface area contributed by atoms with Crippen LogP contribution in [-0.2, 0) is 39.9 Å². The van der Waals surface area contributed by atoms with E-state index >= 15 is 0 Å². The summed E-state index contributed by atoms with van der Waals surface area (Å²) in [4.78, 5) is 33.1. The zero-order valence-electron chi connectivity index (χ0n) is 31.8. The van der Waals surface area contributed by atoms with E-state index in [9.17, 15) is 24.9 Å². The molecule has 53 heavy (non-hydrogen) atoms. The summed E-state index contributed by atoms with van der Waals surface area (Å²) in [6.07, 6.45) is 6.10. The highest BCUT2D eigenvalue weighted by atomic mass is 35.5. The van der Waals surface area contributed by atoms with Crippen molar-refractivity contribution in [3.05, 3.63) is 69.8 Å². The van der Waals surface area contributed by atoms with Gasteiger partial charge in [-0.15, -0.1) is 0 Å². The lowest BCUT2D eigenvalue weighted by Gasteiger charge is -2.32. The number of ether oxygens (including phenoxy) is 4. The quantitative estimate of drug-likeness (QED) is 0.0552. The number of allylic oxidation sites excluding steroid dienone is 2. The van der Waals surface area contributed by atoms with Crippen LogP contribution in [-0.4, -0.2) is 99.8 Å². The average Bonchev–Trinajstić information content (AvgIpc) is 3.86. The number of nitrogens with one attached hydrogen (secondary N) is 1. The first-order chi connectivity index (χ1) is 24.8. The molecule has 0 radical (unpaired) electrons. The molecule has 1 saturated heterocycles. The fraction of sp³-hybridized carbons (Fsp3) is 0.615. The molecule has 298 valence electrons. The summed E-state index contributed by atoms with van der Waals surface area (Å²) in [6.45, 7) is 12.5. The molecule has 5 N–H and O–H groups in total. The van der Waals surface area contributed by atoms with Crippen LogP contribution in [0.4, 0.5) is 0 Å². The Morgan fingerprint density at radius 2 is 1.87 bits per heavy atom. The summed E-state index contributed by atoms with van der Waals surface area (Å²) in [6, 6.07) is 4.87. The molecule has 0 amide bonds. The number of benzene rings is 1. The molecule has 0 aromatic heterocycles. The maximum Gasteiger partial charge on any atom is 0.309 e. The summed E-state index contributed by atoms with van der Waals surface area (Å²) in [5.74, 6) is -1.44. The van der Waals surface area contributed by atoms with Crippen LogP contribution in [0.3, 0.4) is 0 Å². The number of methoxy groups -OCH3 is 1. The second kappa shape index (κ2) is 21.3. The molecular formula is C39H57Cl2NO11. The fourth-order valence-electron chi connectivity index (χ4n) is 6.55. The second-order valence-electron chi connectivity index (χ2n) is 14.3. The molecule has 2 aliphatic rings. The molecule has 11 atom stereocenters. The normalized spacial score (nSPS) is 30.2. The molecule has 0 bridgehead atoms. The number of rotatable bonds is 13. The van der Waals surface area contributed by atoms with E-state index in [1.165, 1.54) is 13.8 Å². The number of carbonyl (C=O) groups excluding carboxylic acids is 2. The third kappa shape index (κ3) is 14.4. The maximum atomic E-state index is 12.9. The molecular weight excluding hydrogens is 729 g/mol. The molecule has 14 heteroatoms. The van der Waals surface area contributed by atoms with Crippen LogP contribution in [0.1, 0.15) is 79.7 Å². The summed E-state index contributed by atoms with van der Waals surface area (Å²) in [5.41, 5.74) is -1.29. The SMILES string of the molecule is CC[C@H](OC)[C@@H](C)[C@H]1O[C@@H]1C(NCc1ccc(Cl)c(Cl)c1)C(C)(O)/C=C/C=C(\C)C1OC(=O)C[C@H](O)CC[C@@](C)(O)[C@@H](OC(C)=O)/C=C/[C@@H]1C.O=CO. The van der Waals surface area contributed by atoms with Crippen molar-refractivity contribution in [2.24, 2.45) is 11.8 Å². The van der Waals surface area contributed by atoms with Gasteiger partial charge in [0.05, 0.1) is 46.4 Å². The van der Waals surface area contributed by atoms with E-state index in [-0.39, 0.29) is 50.0 Å². The van der Waals surface area contributed by atoms with Crippen molar-refractivity contribution in [3.8, 4) is 0 Å². The molecule has 1 aromatic carbocycles. The predicted octanol–water partition coefficient (Wildman–Crippen LogP) is 5.57. The number of cyclic esters (lactones) is 1. The zero-order valence-corrected chi connectivity index (χ0v) is 33.3. The minimum absolute atomic E-state index is 0.00744. The monoisotopic (exact) mass is 785 g/mol. The van der Waals surface area contributed by atoms with Gasteiger partial charge in [0.2, 0.25) is 0 Å². The van der Waals surface area contributed by atoms with Crippen LogP contribution in [0, 0.1) is 11.8 Å². The van der Waals surface area contributed by atoms with Gasteiger partial charge in [-0.3, -0.25) is 14.4 Å². The Kier molecular flexibility index (Phi) is 18.6. The molecule has 2 aliphatic heterocycles. The van der Waals surface area contributed by atoms with Crippen molar-refractivity contribution in [3.63, 3.8) is 0 Å². The number of aliphatic hydroxyl groups excluding tert-OH is 1. The minimum Gasteiger partial charge on any atom is -0.483 e. The van der Waals surface area contributed by atoms with Gasteiger partial charge < -0.3 is 44.7 Å². The molecule has 1 fully saturated rings. The molecule has 3 rings (SSSR count). The van der Waals surface area contributed by atoms with Gasteiger partial charge in [-0.2, -0.15) is 0 Å². The number of carboxylic acid groups (broad SMARTS) is 1. The van der Waals surface area contributed by atoms with Crippen LogP contribution in [0.15, 0.2) is 54.2 Å². The van der Waals surface area contributed by atoms with Gasteiger partial charge in [0, 0.05) is 32.4 Å². The van der Waals surface area contributed by atoms with Gasteiger partial charge in [-0.05, 0) is 69.4 Å². The average molecular weight is 787 g/mol. The van der Waals surface area contributed by atoms with Gasteiger partial charge in [-0.1, -0.05) is 74.3 Å². The minimum atomic E-state index is -1.46. The molecule has 0 aliphatic carbocycles. The van der Waals surface area contributed by atoms with Crippen molar-refractivity contribution in [1.29, 1.82) is 0 Å². The van der Waals surface area contributed by atoms with E-state index in [0.29, 0.717) is 22.2 Å². The summed E-state index contributed by atoms with van der Waals surface area (Å²) >= 11 is 12.4. The second-order valence-corrected chi connectivity index (χ2v) is 15.1. The van der Waals surface area contributed by atoms with Gasteiger partial charge in [-0.25, -0.2) is 0 Å². The standard InChI is InChI=1S/C38H55Cl2NO9.CH2O2/c1-9-30(47-8)24(4)34-35(50-34)36(41-21-26-13-14-28(39)29(40)19-26)38(7,46)17-10-11-22(2)33-23(3)12-15-31(48-25(5)42)37(6,45)18-16-27(43)20-32(44)49-33;2-1-3/h10-15,17,19,23-24,27,30-31,33-36,41,43,45-46H,9,16,18,20-21H2,1-8H3;1H,(H,2,3)/b15-12+,17-10+,22-11+;/t23-,24+,27+,30-,31-,33?,34+,35-,36?,37+,38?;/m0./s1. The van der Waals surface area contributed by atoms with Gasteiger partial charge in [0.1, 0.15) is 23.9 Å². The molecule has 1 aromatic rings. The van der Waals surface area contributed by atoms with E-state index in [2.05, 4.69) is 19.2 Å². The molecule has 0 saturated carbocycles. The number of hydrogen-bond acceptors (Lipinski definition) is 11. The smallest absolute Gasteiger partial charge is 0.309 e. The highest BCUT2D eigenvalue weighted by Crippen LogP contribution is 2.39. The number of epoxide rings is 1. The van der Waals surface area contributed by atoms with Crippen molar-refractivity contribution < 1.29 is 53.8 Å². The third-order valence-electron chi connectivity index (χ3n) is 9.70. The highest BCUT2D eigenvalue weighted by Gasteiger charge is 2.54. The lowest BCUT2D eigenvalue weighted by Crippen LogP contribution is -2.52. The predicted molar refractivity (Wildman–Crippen MR) is 202 cm³/mol. The highest BCUT2D eigenvalue weighted by molar-refractivity contribution is 6.42. The van der Waals surface area contributed by atoms with E-state index < -0.39 is 53.4 Å². The Hall–Kier alpha value is -2.81. The first-order valence-electron chi connectivity index (χ1n) is 17.8. The number of hydrogen-bond donors (Lipinski definition) is 5. The number of aliphatic hydroxyl groups is 3. The van der Waals surface area contributed by atoms with E-state index in [4.69, 9.17) is 52.1 Å². The molecule has 0 spiro atoms. The van der Waals surface area contributed by atoms with Crippen LogP contribution >= 0.6 is 23.2 Å². The molecule has 2 heterocycles. The summed E-state index contributed by atoms with van der Waals surface area (Å²) in [7, 11) is 1.69.